The summed E-state index contributed by atoms with van der Waals surface area (Å²) in [4.78, 5) is 2.66. The Morgan fingerprint density at radius 2 is 2.33 bits per heavy atom. The SMILES string of the molecule is CCC(CS)CN1CCOC2CCCC21. The van der Waals surface area contributed by atoms with Gasteiger partial charge in [-0.3, -0.25) is 4.90 Å². The first-order chi connectivity index (χ1) is 7.35. The van der Waals surface area contributed by atoms with Crippen molar-refractivity contribution in [3.05, 3.63) is 0 Å². The monoisotopic (exact) mass is 229 g/mol. The van der Waals surface area contributed by atoms with E-state index < -0.39 is 0 Å². The van der Waals surface area contributed by atoms with E-state index in [-0.39, 0.29) is 0 Å². The van der Waals surface area contributed by atoms with Crippen molar-refractivity contribution < 1.29 is 4.74 Å². The third kappa shape index (κ3) is 2.69. The summed E-state index contributed by atoms with van der Waals surface area (Å²) in [7, 11) is 0. The molecule has 88 valence electrons. The lowest BCUT2D eigenvalue weighted by molar-refractivity contribution is -0.0594. The summed E-state index contributed by atoms with van der Waals surface area (Å²) >= 11 is 4.43. The van der Waals surface area contributed by atoms with Crippen molar-refractivity contribution in [3.8, 4) is 0 Å². The second-order valence-corrected chi connectivity index (χ2v) is 5.22. The molecule has 3 unspecified atom stereocenters. The molecule has 1 saturated heterocycles. The Balaban J connectivity index is 1.89. The average Bonchev–Trinajstić information content (AvgIpc) is 2.74. The predicted molar refractivity (Wildman–Crippen MR) is 66.6 cm³/mol. The van der Waals surface area contributed by atoms with E-state index >= 15 is 0 Å². The van der Waals surface area contributed by atoms with Crippen LogP contribution in [0.2, 0.25) is 0 Å². The minimum Gasteiger partial charge on any atom is -0.375 e. The summed E-state index contributed by atoms with van der Waals surface area (Å²) in [6, 6.07) is 0.715. The van der Waals surface area contributed by atoms with Crippen LogP contribution in [0.1, 0.15) is 32.6 Å². The summed E-state index contributed by atoms with van der Waals surface area (Å²) < 4.78 is 5.82. The summed E-state index contributed by atoms with van der Waals surface area (Å²) in [5.74, 6) is 1.78. The summed E-state index contributed by atoms with van der Waals surface area (Å²) in [6.07, 6.45) is 5.75. The van der Waals surface area contributed by atoms with Gasteiger partial charge in [0.15, 0.2) is 0 Å². The summed E-state index contributed by atoms with van der Waals surface area (Å²) in [5, 5.41) is 0. The van der Waals surface area contributed by atoms with Gasteiger partial charge in [-0.05, 0) is 30.9 Å². The van der Waals surface area contributed by atoms with Crippen molar-refractivity contribution in [1.29, 1.82) is 0 Å². The topological polar surface area (TPSA) is 12.5 Å². The van der Waals surface area contributed by atoms with Gasteiger partial charge in [0.25, 0.3) is 0 Å². The molecule has 15 heavy (non-hydrogen) atoms. The molecule has 0 aromatic carbocycles. The molecular formula is C12H23NOS. The normalized spacial score (nSPS) is 34.0. The van der Waals surface area contributed by atoms with Gasteiger partial charge in [0.05, 0.1) is 12.7 Å². The van der Waals surface area contributed by atoms with Crippen molar-refractivity contribution in [2.75, 3.05) is 25.4 Å². The maximum atomic E-state index is 5.82. The number of nitrogens with zero attached hydrogens (tertiary/aromatic N) is 1. The lowest BCUT2D eigenvalue weighted by atomic mass is 10.0. The van der Waals surface area contributed by atoms with Crippen LogP contribution in [-0.2, 0) is 4.74 Å². The van der Waals surface area contributed by atoms with Gasteiger partial charge in [-0.25, -0.2) is 0 Å². The number of hydrogen-bond donors (Lipinski definition) is 1. The number of morpholine rings is 1. The zero-order chi connectivity index (χ0) is 10.7. The number of ether oxygens (including phenoxy) is 1. The Labute approximate surface area is 98.8 Å². The molecule has 0 aromatic heterocycles. The first-order valence-corrected chi connectivity index (χ1v) is 6.95. The van der Waals surface area contributed by atoms with Crippen molar-refractivity contribution in [2.24, 2.45) is 5.92 Å². The van der Waals surface area contributed by atoms with Crippen molar-refractivity contribution in [1.82, 2.24) is 4.90 Å². The van der Waals surface area contributed by atoms with E-state index in [9.17, 15) is 0 Å². The van der Waals surface area contributed by atoms with E-state index in [0.717, 1.165) is 24.8 Å². The smallest absolute Gasteiger partial charge is 0.0730 e. The Bertz CT molecular complexity index is 196. The van der Waals surface area contributed by atoms with Crippen LogP contribution in [0.5, 0.6) is 0 Å². The second kappa shape index (κ2) is 5.55. The van der Waals surface area contributed by atoms with Gasteiger partial charge in [-0.2, -0.15) is 12.6 Å². The maximum Gasteiger partial charge on any atom is 0.0730 e. The number of hydrogen-bond acceptors (Lipinski definition) is 3. The Hall–Kier alpha value is 0.270. The Morgan fingerprint density at radius 1 is 1.47 bits per heavy atom. The van der Waals surface area contributed by atoms with Crippen LogP contribution in [0.25, 0.3) is 0 Å². The lowest BCUT2D eigenvalue weighted by Crippen LogP contribution is -2.50. The molecular weight excluding hydrogens is 206 g/mol. The molecule has 0 spiro atoms. The van der Waals surface area contributed by atoms with Gasteiger partial charge in [-0.15, -0.1) is 0 Å². The molecule has 1 heterocycles. The fourth-order valence-corrected chi connectivity index (χ4v) is 3.25. The second-order valence-electron chi connectivity index (χ2n) is 4.86. The van der Waals surface area contributed by atoms with E-state index in [4.69, 9.17) is 4.74 Å². The highest BCUT2D eigenvalue weighted by Gasteiger charge is 2.36. The van der Waals surface area contributed by atoms with Crippen LogP contribution in [-0.4, -0.2) is 42.5 Å². The minimum absolute atomic E-state index is 0.538. The highest BCUT2D eigenvalue weighted by Crippen LogP contribution is 2.30. The Kier molecular flexibility index (Phi) is 4.35. The quantitative estimate of drug-likeness (QED) is 0.742. The van der Waals surface area contributed by atoms with Crippen molar-refractivity contribution in [3.63, 3.8) is 0 Å². The van der Waals surface area contributed by atoms with Crippen LogP contribution in [0.3, 0.4) is 0 Å². The highest BCUT2D eigenvalue weighted by molar-refractivity contribution is 7.80. The van der Waals surface area contributed by atoms with Crippen molar-refractivity contribution >= 4 is 12.6 Å². The molecule has 1 aliphatic carbocycles. The highest BCUT2D eigenvalue weighted by atomic mass is 32.1. The molecule has 2 rings (SSSR count). The van der Waals surface area contributed by atoms with Gasteiger partial charge in [-0.1, -0.05) is 13.3 Å². The van der Waals surface area contributed by atoms with Crippen LogP contribution in [0.15, 0.2) is 0 Å². The standard InChI is InChI=1S/C12H23NOS/c1-2-10(9-15)8-13-6-7-14-12-5-3-4-11(12)13/h10-12,15H,2-9H2,1H3. The number of rotatable bonds is 4. The fourth-order valence-electron chi connectivity index (χ4n) is 2.88. The molecule has 1 saturated carbocycles. The fraction of sp³-hybridized carbons (Fsp3) is 1.00. The van der Waals surface area contributed by atoms with E-state index in [2.05, 4.69) is 24.5 Å². The number of thiol groups is 1. The van der Waals surface area contributed by atoms with E-state index in [0.29, 0.717) is 12.1 Å². The van der Waals surface area contributed by atoms with Crippen LogP contribution in [0, 0.1) is 5.92 Å². The predicted octanol–water partition coefficient (Wildman–Crippen LogP) is 2.20. The maximum absolute atomic E-state index is 5.82. The zero-order valence-electron chi connectivity index (χ0n) is 9.69. The number of fused-ring (bicyclic) bond motifs is 1. The molecule has 1 aliphatic heterocycles. The van der Waals surface area contributed by atoms with Gasteiger partial charge in [0.1, 0.15) is 0 Å². The molecule has 0 radical (unpaired) electrons. The van der Waals surface area contributed by atoms with E-state index in [1.807, 2.05) is 0 Å². The first-order valence-electron chi connectivity index (χ1n) is 6.31. The first kappa shape index (κ1) is 11.7. The summed E-state index contributed by atoms with van der Waals surface area (Å²) in [5.41, 5.74) is 0. The lowest BCUT2D eigenvalue weighted by Gasteiger charge is -2.39. The van der Waals surface area contributed by atoms with Gasteiger partial charge >= 0.3 is 0 Å². The molecule has 3 heteroatoms. The van der Waals surface area contributed by atoms with Gasteiger partial charge in [0, 0.05) is 19.1 Å². The van der Waals surface area contributed by atoms with E-state index in [1.54, 1.807) is 0 Å². The Morgan fingerprint density at radius 3 is 3.07 bits per heavy atom. The third-order valence-electron chi connectivity index (χ3n) is 3.93. The zero-order valence-corrected chi connectivity index (χ0v) is 10.6. The molecule has 0 bridgehead atoms. The molecule has 3 atom stereocenters. The minimum atomic E-state index is 0.538. The van der Waals surface area contributed by atoms with Crippen molar-refractivity contribution in [2.45, 2.75) is 44.8 Å². The summed E-state index contributed by atoms with van der Waals surface area (Å²) in [6.45, 7) is 5.56. The van der Waals surface area contributed by atoms with Gasteiger partial charge in [0.2, 0.25) is 0 Å². The molecule has 2 nitrogen and oxygen atoms in total. The average molecular weight is 229 g/mol. The molecule has 2 aliphatic rings. The van der Waals surface area contributed by atoms with Gasteiger partial charge < -0.3 is 4.74 Å². The molecule has 2 fully saturated rings. The largest absolute Gasteiger partial charge is 0.375 e. The van der Waals surface area contributed by atoms with Crippen LogP contribution in [0.4, 0.5) is 0 Å². The molecule has 0 amide bonds. The van der Waals surface area contributed by atoms with Crippen LogP contribution >= 0.6 is 12.6 Å². The van der Waals surface area contributed by atoms with E-state index in [1.165, 1.54) is 32.2 Å². The third-order valence-corrected chi connectivity index (χ3v) is 4.44. The van der Waals surface area contributed by atoms with Crippen LogP contribution < -0.4 is 0 Å². The molecule has 0 N–H and O–H groups in total. The molecule has 0 aromatic rings.